The molecule has 3 aromatic rings. The van der Waals surface area contributed by atoms with E-state index in [1.165, 1.54) is 5.56 Å². The molecule has 0 radical (unpaired) electrons. The highest BCUT2D eigenvalue weighted by Gasteiger charge is 2.18. The molecule has 1 aliphatic heterocycles. The normalized spacial score (nSPS) is 14.3. The van der Waals surface area contributed by atoms with E-state index in [4.69, 9.17) is 9.72 Å². The molecule has 6 heteroatoms. The maximum Gasteiger partial charge on any atom is 0.266 e. The number of morpholine rings is 1. The Kier molecular flexibility index (Phi) is 6.48. The smallest absolute Gasteiger partial charge is 0.266 e. The molecule has 0 bridgehead atoms. The summed E-state index contributed by atoms with van der Waals surface area (Å²) in [7, 11) is 0. The summed E-state index contributed by atoms with van der Waals surface area (Å²) in [5.41, 5.74) is 4.65. The Balaban J connectivity index is 1.70. The van der Waals surface area contributed by atoms with Crippen molar-refractivity contribution >= 4 is 34.4 Å². The number of nitrogens with zero attached hydrogens (tertiary/aromatic N) is 3. The lowest BCUT2D eigenvalue weighted by Gasteiger charge is -2.29. The van der Waals surface area contributed by atoms with Gasteiger partial charge in [0.1, 0.15) is 17.5 Å². The van der Waals surface area contributed by atoms with Gasteiger partial charge in [-0.15, -0.1) is 0 Å². The van der Waals surface area contributed by atoms with E-state index in [1.54, 1.807) is 6.08 Å². The molecule has 1 fully saturated rings. The summed E-state index contributed by atoms with van der Waals surface area (Å²) in [6.07, 6.45) is 2.56. The number of rotatable bonds is 5. The number of aryl methyl sites for hydroxylation is 2. The van der Waals surface area contributed by atoms with E-state index < -0.39 is 5.91 Å². The Morgan fingerprint density at radius 2 is 1.94 bits per heavy atom. The highest BCUT2D eigenvalue weighted by atomic mass is 16.5. The number of ether oxygens (including phenoxy) is 1. The van der Waals surface area contributed by atoms with E-state index in [2.05, 4.69) is 23.2 Å². The van der Waals surface area contributed by atoms with Gasteiger partial charge >= 0.3 is 0 Å². The molecule has 0 unspecified atom stereocenters. The van der Waals surface area contributed by atoms with Gasteiger partial charge in [-0.25, -0.2) is 4.98 Å². The second-order valence-electron chi connectivity index (χ2n) is 7.87. The molecule has 1 aromatic heterocycles. The Morgan fingerprint density at radius 3 is 2.62 bits per heavy atom. The van der Waals surface area contributed by atoms with E-state index in [0.717, 1.165) is 34.3 Å². The lowest BCUT2D eigenvalue weighted by molar-refractivity contribution is -0.112. The molecule has 2 heterocycles. The second-order valence-corrected chi connectivity index (χ2v) is 7.87. The highest BCUT2D eigenvalue weighted by Crippen LogP contribution is 2.27. The molecule has 0 aliphatic carbocycles. The minimum atomic E-state index is -0.436. The third-order valence-corrected chi connectivity index (χ3v) is 5.58. The van der Waals surface area contributed by atoms with Crippen molar-refractivity contribution in [3.05, 3.63) is 70.8 Å². The average Bonchev–Trinajstić information content (AvgIpc) is 2.83. The molecule has 2 aromatic carbocycles. The molecule has 6 nitrogen and oxygen atoms in total. The number of nitriles is 1. The first-order chi connectivity index (χ1) is 15.6. The largest absolute Gasteiger partial charge is 0.378 e. The molecule has 0 atom stereocenters. The molecule has 32 heavy (non-hydrogen) atoms. The van der Waals surface area contributed by atoms with E-state index in [1.807, 2.05) is 55.5 Å². The number of fused-ring (bicyclic) bond motifs is 1. The fourth-order valence-electron chi connectivity index (χ4n) is 3.74. The van der Waals surface area contributed by atoms with Crippen LogP contribution in [0.25, 0.3) is 17.0 Å². The number of hydrogen-bond acceptors (Lipinski definition) is 5. The minimum absolute atomic E-state index is 0.0346. The fourth-order valence-corrected chi connectivity index (χ4v) is 3.74. The number of amides is 1. The number of hydrogen-bond donors (Lipinski definition) is 1. The van der Waals surface area contributed by atoms with Crippen LogP contribution in [-0.4, -0.2) is 37.2 Å². The molecule has 1 saturated heterocycles. The zero-order valence-corrected chi connectivity index (χ0v) is 18.4. The maximum atomic E-state index is 12.8. The minimum Gasteiger partial charge on any atom is -0.378 e. The summed E-state index contributed by atoms with van der Waals surface area (Å²) >= 11 is 0. The average molecular weight is 427 g/mol. The van der Waals surface area contributed by atoms with Crippen molar-refractivity contribution in [1.82, 2.24) is 4.98 Å². The number of nitrogens with one attached hydrogen (secondary N) is 1. The predicted octanol–water partition coefficient (Wildman–Crippen LogP) is 4.49. The summed E-state index contributed by atoms with van der Waals surface area (Å²) in [5, 5.41) is 13.5. The number of carbonyl (C=O) groups excluding carboxylic acids is 1. The molecule has 1 amide bonds. The van der Waals surface area contributed by atoms with Gasteiger partial charge in [-0.1, -0.05) is 31.2 Å². The summed E-state index contributed by atoms with van der Waals surface area (Å²) in [6.45, 7) is 6.78. The molecular formula is C26H26N4O2. The van der Waals surface area contributed by atoms with Gasteiger partial charge in [0.25, 0.3) is 5.91 Å². The first kappa shape index (κ1) is 21.5. The number of carbonyl (C=O) groups is 1. The summed E-state index contributed by atoms with van der Waals surface area (Å²) in [6, 6.07) is 17.8. The third-order valence-electron chi connectivity index (χ3n) is 5.58. The van der Waals surface area contributed by atoms with Crippen molar-refractivity contribution in [2.45, 2.75) is 20.3 Å². The molecule has 4 rings (SSSR count). The Morgan fingerprint density at radius 1 is 1.19 bits per heavy atom. The SMILES string of the molecule is CCc1ccc(NC(=O)/C(C#N)=C/c2cc3ccc(C)cc3nc2N2CCOCC2)cc1. The van der Waals surface area contributed by atoms with Crippen LogP contribution in [0.2, 0.25) is 0 Å². The van der Waals surface area contributed by atoms with Gasteiger partial charge < -0.3 is 15.0 Å². The van der Waals surface area contributed by atoms with E-state index in [9.17, 15) is 10.1 Å². The fraction of sp³-hybridized carbons (Fsp3) is 0.269. The summed E-state index contributed by atoms with van der Waals surface area (Å²) < 4.78 is 5.49. The zero-order chi connectivity index (χ0) is 22.5. The van der Waals surface area contributed by atoms with Crippen LogP contribution >= 0.6 is 0 Å². The van der Waals surface area contributed by atoms with Crippen molar-refractivity contribution in [2.75, 3.05) is 36.5 Å². The number of anilines is 2. The molecule has 0 spiro atoms. The Labute approximate surface area is 188 Å². The molecule has 1 aliphatic rings. The van der Waals surface area contributed by atoms with Crippen molar-refractivity contribution < 1.29 is 9.53 Å². The lowest BCUT2D eigenvalue weighted by Crippen LogP contribution is -2.37. The molecular weight excluding hydrogens is 400 g/mol. The predicted molar refractivity (Wildman–Crippen MR) is 128 cm³/mol. The number of benzene rings is 2. The van der Waals surface area contributed by atoms with Crippen LogP contribution < -0.4 is 10.2 Å². The monoisotopic (exact) mass is 426 g/mol. The molecule has 0 saturated carbocycles. The van der Waals surface area contributed by atoms with Gasteiger partial charge in [-0.2, -0.15) is 5.26 Å². The van der Waals surface area contributed by atoms with Crippen molar-refractivity contribution in [3.63, 3.8) is 0 Å². The second kappa shape index (κ2) is 9.63. The van der Waals surface area contributed by atoms with Gasteiger partial charge in [-0.05, 0) is 54.8 Å². The number of pyridine rings is 1. The quantitative estimate of drug-likeness (QED) is 0.480. The zero-order valence-electron chi connectivity index (χ0n) is 18.4. The lowest BCUT2D eigenvalue weighted by atomic mass is 10.1. The third kappa shape index (κ3) is 4.79. The van der Waals surface area contributed by atoms with E-state index in [0.29, 0.717) is 32.0 Å². The molecule has 162 valence electrons. The topological polar surface area (TPSA) is 78.2 Å². The summed E-state index contributed by atoms with van der Waals surface area (Å²) in [4.78, 5) is 19.9. The Bertz CT molecular complexity index is 1200. The van der Waals surface area contributed by atoms with Crippen LogP contribution in [0.4, 0.5) is 11.5 Å². The first-order valence-corrected chi connectivity index (χ1v) is 10.8. The van der Waals surface area contributed by atoms with Gasteiger partial charge in [0.2, 0.25) is 0 Å². The van der Waals surface area contributed by atoms with Crippen molar-refractivity contribution in [1.29, 1.82) is 5.26 Å². The van der Waals surface area contributed by atoms with Gasteiger partial charge in [0.15, 0.2) is 0 Å². The van der Waals surface area contributed by atoms with Crippen LogP contribution in [0.15, 0.2) is 54.1 Å². The van der Waals surface area contributed by atoms with Crippen molar-refractivity contribution in [2.24, 2.45) is 0 Å². The molecule has 1 N–H and O–H groups in total. The van der Waals surface area contributed by atoms with Gasteiger partial charge in [0, 0.05) is 29.7 Å². The van der Waals surface area contributed by atoms with Crippen LogP contribution in [0.3, 0.4) is 0 Å². The highest BCUT2D eigenvalue weighted by molar-refractivity contribution is 6.10. The van der Waals surface area contributed by atoms with Crippen molar-refractivity contribution in [3.8, 4) is 6.07 Å². The first-order valence-electron chi connectivity index (χ1n) is 10.8. The Hall–Kier alpha value is -3.69. The van der Waals surface area contributed by atoms with Crippen LogP contribution in [0, 0.1) is 18.3 Å². The maximum absolute atomic E-state index is 12.8. The van der Waals surface area contributed by atoms with Crippen LogP contribution in [-0.2, 0) is 16.0 Å². The van der Waals surface area contributed by atoms with E-state index >= 15 is 0 Å². The van der Waals surface area contributed by atoms with E-state index in [-0.39, 0.29) is 5.57 Å². The summed E-state index contributed by atoms with van der Waals surface area (Å²) in [5.74, 6) is 0.327. The van der Waals surface area contributed by atoms with Crippen LogP contribution in [0.5, 0.6) is 0 Å². The standard InChI is InChI=1S/C26H26N4O2/c1-3-19-5-8-23(9-6-19)28-26(31)22(17-27)16-21-15-20-7-4-18(2)14-24(20)29-25(21)30-10-12-32-13-11-30/h4-9,14-16H,3,10-13H2,1-2H3,(H,28,31)/b22-16+. The van der Waals surface area contributed by atoms with Gasteiger partial charge in [-0.3, -0.25) is 4.79 Å². The van der Waals surface area contributed by atoms with Gasteiger partial charge in [0.05, 0.1) is 18.7 Å². The number of aromatic nitrogens is 1. The van der Waals surface area contributed by atoms with Crippen LogP contribution in [0.1, 0.15) is 23.6 Å².